The van der Waals surface area contributed by atoms with Gasteiger partial charge in [-0.25, -0.2) is 14.4 Å². The minimum Gasteiger partial charge on any atom is -0.391 e. The van der Waals surface area contributed by atoms with Crippen LogP contribution in [0.3, 0.4) is 0 Å². The van der Waals surface area contributed by atoms with E-state index in [2.05, 4.69) is 35.5 Å². The number of nitrogens with zero attached hydrogens (tertiary/aromatic N) is 3. The zero-order valence-corrected chi connectivity index (χ0v) is 22.1. The maximum atomic E-state index is 13.3. The predicted octanol–water partition coefficient (Wildman–Crippen LogP) is 5.33. The van der Waals surface area contributed by atoms with Crippen LogP contribution in [0.25, 0.3) is 16.5 Å². The highest BCUT2D eigenvalue weighted by Crippen LogP contribution is 2.35. The number of alkyl halides is 1. The van der Waals surface area contributed by atoms with Crippen LogP contribution in [0.5, 0.6) is 0 Å². The highest BCUT2D eigenvalue weighted by Gasteiger charge is 2.43. The summed E-state index contributed by atoms with van der Waals surface area (Å²) < 4.78 is 13.3. The van der Waals surface area contributed by atoms with Gasteiger partial charge in [-0.2, -0.15) is 0 Å². The van der Waals surface area contributed by atoms with E-state index in [4.69, 9.17) is 9.98 Å². The van der Waals surface area contributed by atoms with Crippen molar-refractivity contribution in [2.75, 3.05) is 5.32 Å². The molecule has 1 saturated carbocycles. The number of carbonyl (C=O) groups is 1. The summed E-state index contributed by atoms with van der Waals surface area (Å²) in [7, 11) is 0. The summed E-state index contributed by atoms with van der Waals surface area (Å²) in [6.07, 6.45) is 9.59. The number of anilines is 1. The summed E-state index contributed by atoms with van der Waals surface area (Å²) in [5.41, 5.74) is 5.21. The van der Waals surface area contributed by atoms with Crippen molar-refractivity contribution in [2.24, 2.45) is 16.8 Å². The number of rotatable bonds is 9. The number of hydrogen-bond acceptors (Lipinski definition) is 6. The molecule has 7 nitrogen and oxygen atoms in total. The van der Waals surface area contributed by atoms with Gasteiger partial charge in [-0.3, -0.25) is 9.79 Å². The number of nitrogens with one attached hydrogen (secondary N) is 2. The Labute approximate surface area is 217 Å². The smallest absolute Gasteiger partial charge is 0.231 e. The Morgan fingerprint density at radius 2 is 2.11 bits per heavy atom. The topological polar surface area (TPSA) is 99.5 Å². The highest BCUT2D eigenvalue weighted by atomic mass is 19.1. The van der Waals surface area contributed by atoms with Crippen molar-refractivity contribution in [3.8, 4) is 0 Å². The van der Waals surface area contributed by atoms with Gasteiger partial charge in [-0.1, -0.05) is 32.9 Å². The molecule has 2 aromatic heterocycles. The molecule has 1 amide bonds. The van der Waals surface area contributed by atoms with Gasteiger partial charge in [0, 0.05) is 47.1 Å². The monoisotopic (exact) mass is 505 g/mol. The number of allylic oxidation sites excluding steroid dienone is 3. The van der Waals surface area contributed by atoms with Gasteiger partial charge in [0.1, 0.15) is 12.0 Å². The molecule has 5 unspecified atom stereocenters. The highest BCUT2D eigenvalue weighted by molar-refractivity contribution is 6.07. The van der Waals surface area contributed by atoms with E-state index in [0.29, 0.717) is 17.8 Å². The van der Waals surface area contributed by atoms with Crippen LogP contribution in [0.1, 0.15) is 65.1 Å². The Balaban J connectivity index is 1.82. The molecule has 3 heterocycles. The SMILES string of the molecule is C/C=C\N=C(c1nc2cc(NC(=O)C3CC3F)ncc2cc1C1=CNC(C(O)CC)C=C1C)C(C)CC. The van der Waals surface area contributed by atoms with Crippen molar-refractivity contribution in [2.45, 2.75) is 72.2 Å². The van der Waals surface area contributed by atoms with Crippen molar-refractivity contribution >= 4 is 33.9 Å². The molecule has 1 aliphatic heterocycles. The second-order valence-corrected chi connectivity index (χ2v) is 9.88. The Kier molecular flexibility index (Phi) is 8.17. The number of pyridine rings is 2. The molecule has 5 atom stereocenters. The van der Waals surface area contributed by atoms with Gasteiger partial charge in [0.25, 0.3) is 0 Å². The second kappa shape index (κ2) is 11.3. The average Bonchev–Trinajstić information content (AvgIpc) is 3.64. The van der Waals surface area contributed by atoms with E-state index < -0.39 is 18.2 Å². The van der Waals surface area contributed by atoms with E-state index >= 15 is 0 Å². The van der Waals surface area contributed by atoms with E-state index in [1.54, 1.807) is 18.5 Å². The molecule has 37 heavy (non-hydrogen) atoms. The van der Waals surface area contributed by atoms with Crippen molar-refractivity contribution < 1.29 is 14.3 Å². The molecule has 2 aliphatic rings. The zero-order valence-electron chi connectivity index (χ0n) is 22.1. The lowest BCUT2D eigenvalue weighted by Crippen LogP contribution is -2.37. The Bertz CT molecular complexity index is 1300. The number of halogens is 1. The lowest BCUT2D eigenvalue weighted by Gasteiger charge is -2.27. The van der Waals surface area contributed by atoms with Crippen LogP contribution < -0.4 is 10.6 Å². The molecule has 1 fully saturated rings. The summed E-state index contributed by atoms with van der Waals surface area (Å²) in [5.74, 6) is -0.448. The van der Waals surface area contributed by atoms with E-state index in [9.17, 15) is 14.3 Å². The molecule has 4 rings (SSSR count). The molecule has 0 radical (unpaired) electrons. The number of hydrogen-bond donors (Lipinski definition) is 3. The molecule has 1 aliphatic carbocycles. The van der Waals surface area contributed by atoms with Crippen LogP contribution in [0.15, 0.2) is 53.4 Å². The third kappa shape index (κ3) is 5.80. The lowest BCUT2D eigenvalue weighted by atomic mass is 9.88. The molecule has 0 bridgehead atoms. The van der Waals surface area contributed by atoms with Crippen LogP contribution in [-0.4, -0.2) is 45.0 Å². The van der Waals surface area contributed by atoms with Crippen LogP contribution in [0.4, 0.5) is 10.2 Å². The van der Waals surface area contributed by atoms with Gasteiger partial charge in [0.2, 0.25) is 5.91 Å². The fourth-order valence-corrected chi connectivity index (χ4v) is 4.43. The van der Waals surface area contributed by atoms with Crippen LogP contribution in [0.2, 0.25) is 0 Å². The Morgan fingerprint density at radius 1 is 1.35 bits per heavy atom. The minimum atomic E-state index is -1.07. The zero-order chi connectivity index (χ0) is 26.7. The van der Waals surface area contributed by atoms with Gasteiger partial charge in [0.15, 0.2) is 0 Å². The van der Waals surface area contributed by atoms with E-state index in [1.165, 1.54) is 0 Å². The standard InChI is InChI=1S/C29H36FN5O2/c1-6-9-31-27(16(4)7-2)28-19(21-15-32-24(10-17(21)5)25(36)8-3)11-18-14-33-26(13-23(18)34-28)35-29(37)20-12-22(20)30/h6,9-11,13-16,20,22,24-25,32,36H,7-8,12H2,1-5H3,(H,33,35,37)/b9-6-,31-27?. The number of carbonyl (C=O) groups excluding carboxylic acids is 1. The van der Waals surface area contributed by atoms with Crippen LogP contribution >= 0.6 is 0 Å². The van der Waals surface area contributed by atoms with Crippen molar-refractivity contribution in [3.63, 3.8) is 0 Å². The number of aliphatic hydroxyl groups is 1. The van der Waals surface area contributed by atoms with Gasteiger partial charge in [-0.15, -0.1) is 0 Å². The molecule has 2 aromatic rings. The van der Waals surface area contributed by atoms with Gasteiger partial charge in [0.05, 0.1) is 35.0 Å². The number of dihydropyridines is 1. The molecular formula is C29H36FN5O2. The lowest BCUT2D eigenvalue weighted by molar-refractivity contribution is -0.117. The maximum absolute atomic E-state index is 13.3. The quantitative estimate of drug-likeness (QED) is 0.400. The molecule has 0 aromatic carbocycles. The fourth-order valence-electron chi connectivity index (χ4n) is 4.43. The largest absolute Gasteiger partial charge is 0.391 e. The number of fused-ring (bicyclic) bond motifs is 1. The third-order valence-corrected chi connectivity index (χ3v) is 7.08. The molecule has 8 heteroatoms. The molecule has 196 valence electrons. The summed E-state index contributed by atoms with van der Waals surface area (Å²) in [4.78, 5) is 26.5. The van der Waals surface area contributed by atoms with Crippen molar-refractivity contribution in [1.29, 1.82) is 0 Å². The van der Waals surface area contributed by atoms with E-state index in [-0.39, 0.29) is 24.3 Å². The first kappa shape index (κ1) is 26.7. The number of amides is 1. The van der Waals surface area contributed by atoms with Crippen LogP contribution in [-0.2, 0) is 4.79 Å². The van der Waals surface area contributed by atoms with Crippen molar-refractivity contribution in [3.05, 3.63) is 59.7 Å². The molecule has 0 saturated heterocycles. The van der Waals surface area contributed by atoms with E-state index in [0.717, 1.165) is 39.9 Å². The van der Waals surface area contributed by atoms with E-state index in [1.807, 2.05) is 39.1 Å². The van der Waals surface area contributed by atoms with Crippen molar-refractivity contribution in [1.82, 2.24) is 15.3 Å². The molecular weight excluding hydrogens is 469 g/mol. The number of aromatic nitrogens is 2. The summed E-state index contributed by atoms with van der Waals surface area (Å²) in [5, 5.41) is 17.2. The summed E-state index contributed by atoms with van der Waals surface area (Å²) >= 11 is 0. The predicted molar refractivity (Wildman–Crippen MR) is 147 cm³/mol. The normalized spacial score (nSPS) is 23.3. The molecule has 0 spiro atoms. The van der Waals surface area contributed by atoms with Gasteiger partial charge in [-0.05, 0) is 44.7 Å². The summed E-state index contributed by atoms with van der Waals surface area (Å²) in [6.45, 7) is 10.2. The van der Waals surface area contributed by atoms with Crippen LogP contribution in [0, 0.1) is 11.8 Å². The fraction of sp³-hybridized carbons (Fsp3) is 0.448. The third-order valence-electron chi connectivity index (χ3n) is 7.08. The van der Waals surface area contributed by atoms with Gasteiger partial charge >= 0.3 is 0 Å². The minimum absolute atomic E-state index is 0.147. The second-order valence-electron chi connectivity index (χ2n) is 9.88. The Hall–Kier alpha value is -3.39. The number of aliphatic hydroxyl groups excluding tert-OH is 1. The first-order valence-corrected chi connectivity index (χ1v) is 13.1. The Morgan fingerprint density at radius 3 is 2.73 bits per heavy atom. The first-order valence-electron chi connectivity index (χ1n) is 13.1. The maximum Gasteiger partial charge on any atom is 0.231 e. The summed E-state index contributed by atoms with van der Waals surface area (Å²) in [6, 6.07) is 3.62. The molecule has 3 N–H and O–H groups in total. The van der Waals surface area contributed by atoms with Gasteiger partial charge < -0.3 is 15.7 Å². The number of aliphatic imine (C=N–C) groups is 1. The first-order chi connectivity index (χ1) is 17.8. The average molecular weight is 506 g/mol.